The van der Waals surface area contributed by atoms with Gasteiger partial charge in [-0.15, -0.1) is 0 Å². The fourth-order valence-corrected chi connectivity index (χ4v) is 0.819. The Morgan fingerprint density at radius 2 is 1.58 bits per heavy atom. The highest BCUT2D eigenvalue weighted by Crippen LogP contribution is 1.82. The number of aliphatic carboxylic acids is 2. The molecule has 0 aliphatic heterocycles. The number of carboxylic acids is 2. The van der Waals surface area contributed by atoms with Gasteiger partial charge in [0.2, 0.25) is 0 Å². The first-order chi connectivity index (χ1) is 12.2. The smallest absolute Gasteiger partial charge is 0.541 e. The van der Waals surface area contributed by atoms with E-state index in [1.165, 1.54) is 0 Å². The zero-order chi connectivity index (χ0) is 20.8. The topological polar surface area (TPSA) is 210 Å². The van der Waals surface area contributed by atoms with Crippen LogP contribution in [0.2, 0.25) is 0 Å². The number of carbonyl (C=O) groups excluding carboxylic acids is 2. The second kappa shape index (κ2) is 22.3. The van der Waals surface area contributed by atoms with Crippen LogP contribution in [0.4, 0.5) is 0 Å². The van der Waals surface area contributed by atoms with E-state index in [0.29, 0.717) is 45.1 Å². The summed E-state index contributed by atoms with van der Waals surface area (Å²) in [5, 5.41) is 31.8. The molecule has 150 valence electrons. The van der Waals surface area contributed by atoms with Gasteiger partial charge in [-0.2, -0.15) is 0 Å². The average molecular weight is 379 g/mol. The van der Waals surface area contributed by atoms with Gasteiger partial charge in [0, 0.05) is 17.4 Å². The largest absolute Gasteiger partial charge is 0.561 e. The van der Waals surface area contributed by atoms with Crippen molar-refractivity contribution in [3.8, 4) is 0 Å². The van der Waals surface area contributed by atoms with Crippen LogP contribution in [0, 0.1) is 0 Å². The van der Waals surface area contributed by atoms with Crippen molar-refractivity contribution in [3.63, 3.8) is 0 Å². The summed E-state index contributed by atoms with van der Waals surface area (Å²) in [6.07, 6.45) is 2.93. The van der Waals surface area contributed by atoms with E-state index in [1.807, 2.05) is 0 Å². The summed E-state index contributed by atoms with van der Waals surface area (Å²) >= 11 is 0. The molecule has 11 nitrogen and oxygen atoms in total. The van der Waals surface area contributed by atoms with Gasteiger partial charge in [-0.3, -0.25) is 0 Å². The number of ether oxygens (including phenoxy) is 2. The SMILES string of the molecule is C=C(O)/C=C\C(=O)O.NCCOCCOCC[NH3+].O=C([O-])/C=C\C(=O)[OH2+]. The van der Waals surface area contributed by atoms with Crippen LogP contribution < -0.4 is 16.6 Å². The van der Waals surface area contributed by atoms with Crippen LogP contribution in [0.15, 0.2) is 36.6 Å². The van der Waals surface area contributed by atoms with Crippen molar-refractivity contribution < 1.29 is 50.0 Å². The lowest BCUT2D eigenvalue weighted by atomic mass is 10.4. The highest BCUT2D eigenvalue weighted by molar-refractivity contribution is 5.88. The van der Waals surface area contributed by atoms with Crippen molar-refractivity contribution in [2.24, 2.45) is 5.73 Å². The fraction of sp³-hybridized carbons (Fsp3) is 0.400. The molecule has 0 saturated heterocycles. The molecule has 0 radical (unpaired) electrons. The number of quaternary nitrogens is 1. The number of hydrogen-bond acceptors (Lipinski definition) is 8. The summed E-state index contributed by atoms with van der Waals surface area (Å²) < 4.78 is 10.2. The number of carboxylic acid groups (broad SMARTS) is 2. The molecule has 0 amide bonds. The molecule has 11 heteroatoms. The number of allylic oxidation sites excluding steroid dienone is 1. The molecular formula is C15H27N2O9+. The van der Waals surface area contributed by atoms with Gasteiger partial charge in [0.25, 0.3) is 0 Å². The molecule has 0 saturated carbocycles. The van der Waals surface area contributed by atoms with E-state index in [2.05, 4.69) is 12.3 Å². The van der Waals surface area contributed by atoms with Crippen molar-refractivity contribution in [1.82, 2.24) is 0 Å². The predicted octanol–water partition coefficient (Wildman–Crippen LogP) is -3.54. The quantitative estimate of drug-likeness (QED) is 0.0919. The first-order valence-corrected chi connectivity index (χ1v) is 7.25. The molecule has 0 atom stereocenters. The minimum Gasteiger partial charge on any atom is -0.561 e. The van der Waals surface area contributed by atoms with Crippen LogP contribution in [0.3, 0.4) is 0 Å². The number of hydrogen-bond donors (Lipinski definition) is 4. The highest BCUT2D eigenvalue weighted by atomic mass is 16.5. The summed E-state index contributed by atoms with van der Waals surface area (Å²) in [7, 11) is 0. The third-order valence-corrected chi connectivity index (χ3v) is 1.71. The second-order valence-electron chi connectivity index (χ2n) is 4.05. The molecule has 0 heterocycles. The molecule has 0 aliphatic carbocycles. The maximum Gasteiger partial charge on any atom is 0.541 e. The molecule has 26 heavy (non-hydrogen) atoms. The molecule has 0 aliphatic rings. The minimum absolute atomic E-state index is 0.257. The molecule has 9 N–H and O–H groups in total. The molecule has 0 aromatic heterocycles. The Hall–Kier alpha value is -2.73. The van der Waals surface area contributed by atoms with E-state index in [4.69, 9.17) is 30.5 Å². The van der Waals surface area contributed by atoms with Gasteiger partial charge >= 0.3 is 11.9 Å². The summed E-state index contributed by atoms with van der Waals surface area (Å²) in [5.74, 6) is -3.87. The van der Waals surface area contributed by atoms with Crippen LogP contribution in [0.1, 0.15) is 0 Å². The first kappa shape index (κ1) is 28.1. The van der Waals surface area contributed by atoms with Gasteiger partial charge in [-0.25, -0.2) is 4.79 Å². The number of carbonyl (C=O) groups is 3. The van der Waals surface area contributed by atoms with E-state index < -0.39 is 17.9 Å². The zero-order valence-electron chi connectivity index (χ0n) is 14.4. The van der Waals surface area contributed by atoms with Crippen LogP contribution in [-0.4, -0.2) is 72.7 Å². The third-order valence-electron chi connectivity index (χ3n) is 1.71. The molecule has 0 aromatic carbocycles. The van der Waals surface area contributed by atoms with Gasteiger partial charge < -0.3 is 46.2 Å². The van der Waals surface area contributed by atoms with E-state index in [9.17, 15) is 19.5 Å². The lowest BCUT2D eigenvalue weighted by molar-refractivity contribution is -0.374. The van der Waals surface area contributed by atoms with E-state index in [1.54, 1.807) is 0 Å². The van der Waals surface area contributed by atoms with Crippen molar-refractivity contribution >= 4 is 17.9 Å². The maximum absolute atomic E-state index is 9.66. The number of nitrogens with two attached hydrogens (primary N) is 1. The molecule has 0 unspecified atom stereocenters. The Morgan fingerprint density at radius 1 is 1.04 bits per heavy atom. The van der Waals surface area contributed by atoms with Crippen molar-refractivity contribution in [2.75, 3.05) is 39.5 Å². The van der Waals surface area contributed by atoms with Gasteiger partial charge in [-0.05, 0) is 12.2 Å². The Morgan fingerprint density at radius 3 is 1.85 bits per heavy atom. The van der Waals surface area contributed by atoms with Crippen LogP contribution in [-0.2, 0) is 23.9 Å². The van der Waals surface area contributed by atoms with E-state index in [0.717, 1.165) is 18.7 Å². The molecule has 0 fully saturated rings. The van der Waals surface area contributed by atoms with Crippen LogP contribution in [0.5, 0.6) is 0 Å². The number of aliphatic hydroxyl groups excluding tert-OH is 1. The molecule has 0 bridgehead atoms. The average Bonchev–Trinajstić information content (AvgIpc) is 2.55. The maximum atomic E-state index is 9.66. The lowest BCUT2D eigenvalue weighted by Gasteiger charge is -2.01. The lowest BCUT2D eigenvalue weighted by Crippen LogP contribution is -2.52. The summed E-state index contributed by atoms with van der Waals surface area (Å²) in [6.45, 7) is 7.05. The number of aliphatic hydroxyl groups is 1. The van der Waals surface area contributed by atoms with Gasteiger partial charge in [0.05, 0.1) is 45.0 Å². The minimum atomic E-state index is -1.47. The molecular weight excluding hydrogens is 352 g/mol. The number of rotatable bonds is 11. The van der Waals surface area contributed by atoms with Gasteiger partial charge in [-0.1, -0.05) is 6.58 Å². The fourth-order valence-electron chi connectivity index (χ4n) is 0.819. The predicted molar refractivity (Wildman–Crippen MR) is 89.8 cm³/mol. The Labute approximate surface area is 150 Å². The summed E-state index contributed by atoms with van der Waals surface area (Å²) in [6, 6.07) is 0. The summed E-state index contributed by atoms with van der Waals surface area (Å²) in [4.78, 5) is 28.8. The second-order valence-corrected chi connectivity index (χ2v) is 4.05. The van der Waals surface area contributed by atoms with Crippen molar-refractivity contribution in [2.45, 2.75) is 0 Å². The Bertz CT molecular complexity index is 388. The molecule has 0 rings (SSSR count). The van der Waals surface area contributed by atoms with Crippen molar-refractivity contribution in [3.05, 3.63) is 36.6 Å². The van der Waals surface area contributed by atoms with Gasteiger partial charge in [0.1, 0.15) is 5.76 Å². The van der Waals surface area contributed by atoms with E-state index in [-0.39, 0.29) is 5.76 Å². The monoisotopic (exact) mass is 379 g/mol. The first-order valence-electron chi connectivity index (χ1n) is 7.25. The zero-order valence-corrected chi connectivity index (χ0v) is 14.4. The molecule has 0 aromatic rings. The van der Waals surface area contributed by atoms with Gasteiger partial charge in [0.15, 0.2) is 0 Å². The standard InChI is InChI=1S/C6H16N2O2.C5H6O3.C4H4O4/c7-1-3-9-5-6-10-4-2-8;1-4(6)2-3-5(7)8;5-3(6)1-2-4(7)8/h1-8H2;2-3,6H,1H2,(H,7,8);1-2H,(H,5,6)(H,7,8)/p+1/b;3-2-;2-1-. The Kier molecular flexibility index (Phi) is 24.1. The van der Waals surface area contributed by atoms with Crippen molar-refractivity contribution in [1.29, 1.82) is 0 Å². The summed E-state index contributed by atoms with van der Waals surface area (Å²) in [5.41, 5.74) is 8.83. The highest BCUT2D eigenvalue weighted by Gasteiger charge is 1.93. The normalized spacial score (nSPS) is 9.77. The molecule has 0 spiro atoms. The Balaban J connectivity index is -0.000000308. The van der Waals surface area contributed by atoms with Crippen LogP contribution >= 0.6 is 0 Å². The van der Waals surface area contributed by atoms with E-state index >= 15 is 0 Å². The third kappa shape index (κ3) is 42.9. The van der Waals surface area contributed by atoms with Crippen LogP contribution in [0.25, 0.3) is 0 Å².